The first-order valence-corrected chi connectivity index (χ1v) is 6.31. The molecule has 3 nitrogen and oxygen atoms in total. The topological polar surface area (TPSA) is 32.7 Å². The Balaban J connectivity index is 1.96. The zero-order valence-electron chi connectivity index (χ0n) is 10.4. The average molecular weight is 235 g/mol. The van der Waals surface area contributed by atoms with Crippen LogP contribution in [0.5, 0.6) is 0 Å². The van der Waals surface area contributed by atoms with Crippen molar-refractivity contribution < 1.29 is 9.84 Å². The van der Waals surface area contributed by atoms with Gasteiger partial charge in [0.05, 0.1) is 12.7 Å². The second-order valence-corrected chi connectivity index (χ2v) is 4.64. The van der Waals surface area contributed by atoms with Crippen LogP contribution in [0.2, 0.25) is 0 Å². The predicted octanol–water partition coefficient (Wildman–Crippen LogP) is 1.75. The quantitative estimate of drug-likeness (QED) is 0.866. The fourth-order valence-electron chi connectivity index (χ4n) is 2.28. The van der Waals surface area contributed by atoms with Crippen LogP contribution in [0.25, 0.3) is 0 Å². The van der Waals surface area contributed by atoms with Gasteiger partial charge in [0.15, 0.2) is 0 Å². The van der Waals surface area contributed by atoms with Crippen LogP contribution < -0.4 is 0 Å². The second kappa shape index (κ2) is 6.15. The fraction of sp³-hybridized carbons (Fsp3) is 0.571. The average Bonchev–Trinajstić information content (AvgIpc) is 2.58. The van der Waals surface area contributed by atoms with Crippen molar-refractivity contribution in [2.24, 2.45) is 0 Å². The van der Waals surface area contributed by atoms with Crippen LogP contribution in [-0.4, -0.2) is 42.9 Å². The Labute approximate surface area is 103 Å². The Morgan fingerprint density at radius 2 is 2.12 bits per heavy atom. The largest absolute Gasteiger partial charge is 0.387 e. The van der Waals surface area contributed by atoms with Crippen molar-refractivity contribution in [2.75, 3.05) is 32.8 Å². The molecule has 1 heterocycles. The summed E-state index contributed by atoms with van der Waals surface area (Å²) in [5.41, 5.74) is 2.20. The third kappa shape index (κ3) is 3.53. The summed E-state index contributed by atoms with van der Waals surface area (Å²) in [6.07, 6.45) is 0.662. The van der Waals surface area contributed by atoms with Crippen molar-refractivity contribution in [1.29, 1.82) is 0 Å². The van der Waals surface area contributed by atoms with Crippen molar-refractivity contribution >= 4 is 0 Å². The summed E-state index contributed by atoms with van der Waals surface area (Å²) >= 11 is 0. The Morgan fingerprint density at radius 3 is 2.94 bits per heavy atom. The molecule has 0 radical (unpaired) electrons. The number of ether oxygens (including phenoxy) is 1. The van der Waals surface area contributed by atoms with Crippen LogP contribution >= 0.6 is 0 Å². The van der Waals surface area contributed by atoms with Crippen molar-refractivity contribution in [3.8, 4) is 0 Å². The minimum Gasteiger partial charge on any atom is -0.387 e. The van der Waals surface area contributed by atoms with Gasteiger partial charge in [-0.15, -0.1) is 0 Å². The molecule has 0 amide bonds. The van der Waals surface area contributed by atoms with E-state index in [2.05, 4.69) is 4.90 Å². The molecule has 1 fully saturated rings. The maximum Gasteiger partial charge on any atom is 0.0919 e. The van der Waals surface area contributed by atoms with E-state index in [-0.39, 0.29) is 0 Å². The molecule has 1 atom stereocenters. The van der Waals surface area contributed by atoms with E-state index in [9.17, 15) is 5.11 Å². The molecule has 1 aliphatic heterocycles. The van der Waals surface area contributed by atoms with E-state index in [1.165, 1.54) is 0 Å². The summed E-state index contributed by atoms with van der Waals surface area (Å²) in [5, 5.41) is 10.3. The number of benzene rings is 1. The highest BCUT2D eigenvalue weighted by atomic mass is 16.5. The van der Waals surface area contributed by atoms with E-state index in [4.69, 9.17) is 4.74 Å². The highest BCUT2D eigenvalue weighted by molar-refractivity contribution is 5.27. The molecular formula is C14H21NO2. The SMILES string of the molecule is Cc1ccccc1C(O)CN1CCCOCC1. The first-order valence-electron chi connectivity index (χ1n) is 6.31. The number of rotatable bonds is 3. The summed E-state index contributed by atoms with van der Waals surface area (Å²) in [4.78, 5) is 2.28. The molecule has 0 aliphatic carbocycles. The van der Waals surface area contributed by atoms with Crippen molar-refractivity contribution in [2.45, 2.75) is 19.4 Å². The summed E-state index contributed by atoms with van der Waals surface area (Å²) in [6.45, 7) is 6.31. The van der Waals surface area contributed by atoms with Gasteiger partial charge in [0.25, 0.3) is 0 Å². The molecule has 1 saturated heterocycles. The van der Waals surface area contributed by atoms with Gasteiger partial charge in [-0.25, -0.2) is 0 Å². The number of β-amino-alcohol motifs (C(OH)–C–C–N with tert-alkyl or cyclic N) is 1. The first-order chi connectivity index (χ1) is 8.27. The molecule has 3 heteroatoms. The van der Waals surface area contributed by atoms with E-state index >= 15 is 0 Å². The Bertz CT molecular complexity index is 346. The fourth-order valence-corrected chi connectivity index (χ4v) is 2.28. The van der Waals surface area contributed by atoms with E-state index in [1.807, 2.05) is 31.2 Å². The number of aliphatic hydroxyl groups excluding tert-OH is 1. The number of hydrogen-bond acceptors (Lipinski definition) is 3. The summed E-state index contributed by atoms with van der Waals surface area (Å²) in [5.74, 6) is 0. The molecule has 94 valence electrons. The van der Waals surface area contributed by atoms with E-state index < -0.39 is 6.10 Å². The van der Waals surface area contributed by atoms with Gasteiger partial charge in [-0.3, -0.25) is 4.90 Å². The molecule has 0 spiro atoms. The number of hydrogen-bond donors (Lipinski definition) is 1. The second-order valence-electron chi connectivity index (χ2n) is 4.64. The maximum absolute atomic E-state index is 10.3. The molecule has 0 bridgehead atoms. The Morgan fingerprint density at radius 1 is 1.29 bits per heavy atom. The lowest BCUT2D eigenvalue weighted by Gasteiger charge is -2.23. The first kappa shape index (κ1) is 12.6. The van der Waals surface area contributed by atoms with Gasteiger partial charge >= 0.3 is 0 Å². The van der Waals surface area contributed by atoms with Crippen LogP contribution in [0.4, 0.5) is 0 Å². The van der Waals surface area contributed by atoms with Gasteiger partial charge in [0, 0.05) is 26.2 Å². The van der Waals surface area contributed by atoms with Crippen molar-refractivity contribution in [3.63, 3.8) is 0 Å². The molecular weight excluding hydrogens is 214 g/mol. The van der Waals surface area contributed by atoms with Gasteiger partial charge in [-0.1, -0.05) is 24.3 Å². The Kier molecular flexibility index (Phi) is 4.54. The van der Waals surface area contributed by atoms with Crippen LogP contribution in [0.3, 0.4) is 0 Å². The van der Waals surface area contributed by atoms with Crippen molar-refractivity contribution in [3.05, 3.63) is 35.4 Å². The maximum atomic E-state index is 10.3. The Hall–Kier alpha value is -0.900. The third-order valence-corrected chi connectivity index (χ3v) is 3.29. The van der Waals surface area contributed by atoms with Crippen LogP contribution in [0.15, 0.2) is 24.3 Å². The molecule has 1 aromatic rings. The molecule has 1 N–H and O–H groups in total. The lowest BCUT2D eigenvalue weighted by molar-refractivity contribution is 0.103. The number of nitrogens with zero attached hydrogens (tertiary/aromatic N) is 1. The van der Waals surface area contributed by atoms with Crippen molar-refractivity contribution in [1.82, 2.24) is 4.90 Å². The predicted molar refractivity (Wildman–Crippen MR) is 68.0 cm³/mol. The molecule has 1 aliphatic rings. The standard InChI is InChI=1S/C14H21NO2/c1-12-5-2-3-6-13(12)14(16)11-15-7-4-9-17-10-8-15/h2-3,5-6,14,16H,4,7-11H2,1H3. The molecule has 2 rings (SSSR count). The van der Waals surface area contributed by atoms with Gasteiger partial charge in [0.2, 0.25) is 0 Å². The van der Waals surface area contributed by atoms with Gasteiger partial charge in [-0.2, -0.15) is 0 Å². The number of aryl methyl sites for hydroxylation is 1. The smallest absolute Gasteiger partial charge is 0.0919 e. The van der Waals surface area contributed by atoms with Crippen LogP contribution in [0, 0.1) is 6.92 Å². The lowest BCUT2D eigenvalue weighted by atomic mass is 10.0. The monoisotopic (exact) mass is 235 g/mol. The molecule has 1 aromatic carbocycles. The minimum absolute atomic E-state index is 0.394. The summed E-state index contributed by atoms with van der Waals surface area (Å²) in [6, 6.07) is 8.04. The normalized spacial score (nSPS) is 19.9. The van der Waals surface area contributed by atoms with Crippen LogP contribution in [-0.2, 0) is 4.74 Å². The zero-order chi connectivity index (χ0) is 12.1. The van der Waals surface area contributed by atoms with E-state index in [0.29, 0.717) is 6.54 Å². The van der Waals surface area contributed by atoms with Crippen LogP contribution in [0.1, 0.15) is 23.7 Å². The van der Waals surface area contributed by atoms with E-state index in [1.54, 1.807) is 0 Å². The molecule has 0 saturated carbocycles. The minimum atomic E-state index is -0.394. The molecule has 17 heavy (non-hydrogen) atoms. The zero-order valence-corrected chi connectivity index (χ0v) is 10.4. The highest BCUT2D eigenvalue weighted by Gasteiger charge is 2.16. The third-order valence-electron chi connectivity index (χ3n) is 3.29. The van der Waals surface area contributed by atoms with Gasteiger partial charge < -0.3 is 9.84 Å². The van der Waals surface area contributed by atoms with E-state index in [0.717, 1.165) is 43.9 Å². The summed E-state index contributed by atoms with van der Waals surface area (Å²) < 4.78 is 5.41. The van der Waals surface area contributed by atoms with Gasteiger partial charge in [0.1, 0.15) is 0 Å². The number of aliphatic hydroxyl groups is 1. The summed E-state index contributed by atoms with van der Waals surface area (Å²) in [7, 11) is 0. The molecule has 0 aromatic heterocycles. The highest BCUT2D eigenvalue weighted by Crippen LogP contribution is 2.18. The van der Waals surface area contributed by atoms with Gasteiger partial charge in [-0.05, 0) is 24.5 Å². The lowest BCUT2D eigenvalue weighted by Crippen LogP contribution is -2.31. The molecule has 1 unspecified atom stereocenters.